The van der Waals surface area contributed by atoms with E-state index in [2.05, 4.69) is 22.4 Å². The van der Waals surface area contributed by atoms with Crippen molar-refractivity contribution in [3.63, 3.8) is 0 Å². The van der Waals surface area contributed by atoms with Crippen molar-refractivity contribution in [3.05, 3.63) is 35.8 Å². The largest absolute Gasteiger partial charge is 0.322 e. The molecule has 0 aliphatic heterocycles. The number of aromatic nitrogens is 2. The number of hydrogen-bond donors (Lipinski definition) is 1. The van der Waals surface area contributed by atoms with Gasteiger partial charge in [0.2, 0.25) is 0 Å². The van der Waals surface area contributed by atoms with Crippen LogP contribution < -0.4 is 5.73 Å². The Hall–Kier alpha value is -1.35. The zero-order valence-electron chi connectivity index (χ0n) is 8.85. The van der Waals surface area contributed by atoms with Crippen LogP contribution in [0, 0.1) is 12.8 Å². The fourth-order valence-corrected chi connectivity index (χ4v) is 2.11. The molecule has 78 valence electrons. The minimum absolute atomic E-state index is 0.154. The van der Waals surface area contributed by atoms with Crippen LogP contribution in [0.25, 0.3) is 5.65 Å². The summed E-state index contributed by atoms with van der Waals surface area (Å²) in [6, 6.07) is 4.28. The van der Waals surface area contributed by atoms with Crippen molar-refractivity contribution in [1.82, 2.24) is 9.38 Å². The SMILES string of the molecule is Cc1cccn2c(C(N)C3CC3)cnc12. The first-order valence-electron chi connectivity index (χ1n) is 5.45. The van der Waals surface area contributed by atoms with E-state index in [0.29, 0.717) is 5.92 Å². The summed E-state index contributed by atoms with van der Waals surface area (Å²) in [6.07, 6.45) is 6.50. The van der Waals surface area contributed by atoms with Crippen molar-refractivity contribution in [2.75, 3.05) is 0 Å². The number of nitrogens with zero attached hydrogens (tertiary/aromatic N) is 2. The first-order valence-corrected chi connectivity index (χ1v) is 5.45. The molecule has 1 aliphatic rings. The normalized spacial score (nSPS) is 18.3. The lowest BCUT2D eigenvalue weighted by molar-refractivity contribution is 0.609. The minimum atomic E-state index is 0.154. The summed E-state index contributed by atoms with van der Waals surface area (Å²) in [4.78, 5) is 4.43. The zero-order valence-corrected chi connectivity index (χ0v) is 8.85. The van der Waals surface area contributed by atoms with Crippen LogP contribution in [-0.2, 0) is 0 Å². The Morgan fingerprint density at radius 3 is 3.07 bits per heavy atom. The number of fused-ring (bicyclic) bond motifs is 1. The molecule has 1 unspecified atom stereocenters. The fourth-order valence-electron chi connectivity index (χ4n) is 2.11. The molecule has 2 N–H and O–H groups in total. The molecule has 1 fully saturated rings. The van der Waals surface area contributed by atoms with Crippen LogP contribution in [0.3, 0.4) is 0 Å². The number of rotatable bonds is 2. The van der Waals surface area contributed by atoms with Crippen molar-refractivity contribution >= 4 is 5.65 Å². The van der Waals surface area contributed by atoms with Gasteiger partial charge in [-0.05, 0) is 37.3 Å². The maximum absolute atomic E-state index is 6.20. The Kier molecular flexibility index (Phi) is 1.83. The molecule has 3 rings (SSSR count). The molecular weight excluding hydrogens is 186 g/mol. The van der Waals surface area contributed by atoms with E-state index in [1.54, 1.807) is 0 Å². The van der Waals surface area contributed by atoms with E-state index in [-0.39, 0.29) is 6.04 Å². The molecule has 0 bridgehead atoms. The monoisotopic (exact) mass is 201 g/mol. The number of imidazole rings is 1. The second-order valence-corrected chi connectivity index (χ2v) is 4.43. The van der Waals surface area contributed by atoms with Gasteiger partial charge >= 0.3 is 0 Å². The molecule has 15 heavy (non-hydrogen) atoms. The Bertz CT molecular complexity index is 497. The summed E-state index contributed by atoms with van der Waals surface area (Å²) >= 11 is 0. The lowest BCUT2D eigenvalue weighted by Gasteiger charge is -2.09. The second-order valence-electron chi connectivity index (χ2n) is 4.43. The van der Waals surface area contributed by atoms with Crippen LogP contribution in [0.2, 0.25) is 0 Å². The first-order chi connectivity index (χ1) is 7.27. The van der Waals surface area contributed by atoms with Gasteiger partial charge in [-0.3, -0.25) is 0 Å². The molecule has 0 radical (unpaired) electrons. The molecular formula is C12H15N3. The van der Waals surface area contributed by atoms with E-state index in [1.807, 2.05) is 18.5 Å². The topological polar surface area (TPSA) is 43.3 Å². The van der Waals surface area contributed by atoms with E-state index in [1.165, 1.54) is 18.4 Å². The molecule has 1 atom stereocenters. The van der Waals surface area contributed by atoms with Crippen LogP contribution in [0.4, 0.5) is 0 Å². The second kappa shape index (κ2) is 3.07. The van der Waals surface area contributed by atoms with E-state index in [0.717, 1.165) is 11.3 Å². The van der Waals surface area contributed by atoms with Crippen LogP contribution in [-0.4, -0.2) is 9.38 Å². The number of pyridine rings is 1. The molecule has 1 saturated carbocycles. The highest BCUT2D eigenvalue weighted by Crippen LogP contribution is 2.39. The van der Waals surface area contributed by atoms with Gasteiger partial charge in [-0.15, -0.1) is 0 Å². The maximum atomic E-state index is 6.20. The Labute approximate surface area is 88.9 Å². The molecule has 1 aliphatic carbocycles. The first kappa shape index (κ1) is 8.92. The van der Waals surface area contributed by atoms with Gasteiger partial charge in [-0.25, -0.2) is 4.98 Å². The molecule has 0 spiro atoms. The average Bonchev–Trinajstić information content (AvgIpc) is 2.98. The van der Waals surface area contributed by atoms with E-state index < -0.39 is 0 Å². The molecule has 0 saturated heterocycles. The third-order valence-electron chi connectivity index (χ3n) is 3.23. The molecule has 0 amide bonds. The van der Waals surface area contributed by atoms with Crippen molar-refractivity contribution in [2.45, 2.75) is 25.8 Å². The van der Waals surface area contributed by atoms with E-state index in [4.69, 9.17) is 5.73 Å². The average molecular weight is 201 g/mol. The quantitative estimate of drug-likeness (QED) is 0.808. The fraction of sp³-hybridized carbons (Fsp3) is 0.417. The lowest BCUT2D eigenvalue weighted by atomic mass is 10.1. The van der Waals surface area contributed by atoms with Crippen molar-refractivity contribution < 1.29 is 0 Å². The zero-order chi connectivity index (χ0) is 10.4. The van der Waals surface area contributed by atoms with Crippen molar-refractivity contribution in [3.8, 4) is 0 Å². The summed E-state index contributed by atoms with van der Waals surface area (Å²) in [5.74, 6) is 0.672. The highest BCUT2D eigenvalue weighted by Gasteiger charge is 2.31. The van der Waals surface area contributed by atoms with Gasteiger partial charge in [0.1, 0.15) is 5.65 Å². The van der Waals surface area contributed by atoms with Crippen molar-refractivity contribution in [2.24, 2.45) is 11.7 Å². The maximum Gasteiger partial charge on any atom is 0.139 e. The summed E-state index contributed by atoms with van der Waals surface area (Å²) < 4.78 is 2.12. The van der Waals surface area contributed by atoms with Gasteiger partial charge in [0.15, 0.2) is 0 Å². The summed E-state index contributed by atoms with van der Waals surface area (Å²) in [7, 11) is 0. The Morgan fingerprint density at radius 2 is 2.33 bits per heavy atom. The molecule has 2 aromatic heterocycles. The molecule has 3 heteroatoms. The van der Waals surface area contributed by atoms with E-state index >= 15 is 0 Å². The number of hydrogen-bond acceptors (Lipinski definition) is 2. The molecule has 0 aromatic carbocycles. The number of aryl methyl sites for hydroxylation is 1. The van der Waals surface area contributed by atoms with Gasteiger partial charge in [-0.1, -0.05) is 6.07 Å². The summed E-state index contributed by atoms with van der Waals surface area (Å²) in [5.41, 5.74) is 9.58. The molecule has 2 aromatic rings. The third-order valence-corrected chi connectivity index (χ3v) is 3.23. The van der Waals surface area contributed by atoms with Crippen LogP contribution in [0.1, 0.15) is 30.1 Å². The number of nitrogens with two attached hydrogens (primary N) is 1. The Balaban J connectivity index is 2.15. The molecule has 2 heterocycles. The minimum Gasteiger partial charge on any atom is -0.322 e. The van der Waals surface area contributed by atoms with Gasteiger partial charge in [0, 0.05) is 12.2 Å². The van der Waals surface area contributed by atoms with Crippen LogP contribution in [0.15, 0.2) is 24.5 Å². The molecule has 3 nitrogen and oxygen atoms in total. The Morgan fingerprint density at radius 1 is 1.53 bits per heavy atom. The summed E-state index contributed by atoms with van der Waals surface area (Å²) in [5, 5.41) is 0. The highest BCUT2D eigenvalue weighted by atomic mass is 15.0. The van der Waals surface area contributed by atoms with Crippen LogP contribution in [0.5, 0.6) is 0 Å². The van der Waals surface area contributed by atoms with Crippen molar-refractivity contribution in [1.29, 1.82) is 0 Å². The van der Waals surface area contributed by atoms with Gasteiger partial charge in [0.25, 0.3) is 0 Å². The van der Waals surface area contributed by atoms with Crippen LogP contribution >= 0.6 is 0 Å². The highest BCUT2D eigenvalue weighted by molar-refractivity contribution is 5.48. The third kappa shape index (κ3) is 1.35. The standard InChI is InChI=1S/C12H15N3/c1-8-3-2-6-15-10(7-14-12(8)15)11(13)9-4-5-9/h2-3,6-7,9,11H,4-5,13H2,1H3. The van der Waals surface area contributed by atoms with Gasteiger partial charge < -0.3 is 10.1 Å². The predicted octanol–water partition coefficient (Wildman–Crippen LogP) is 2.05. The van der Waals surface area contributed by atoms with Gasteiger partial charge in [-0.2, -0.15) is 0 Å². The van der Waals surface area contributed by atoms with E-state index in [9.17, 15) is 0 Å². The lowest BCUT2D eigenvalue weighted by Crippen LogP contribution is -2.14. The summed E-state index contributed by atoms with van der Waals surface area (Å²) in [6.45, 7) is 2.08. The van der Waals surface area contributed by atoms with Gasteiger partial charge in [0.05, 0.1) is 11.9 Å². The predicted molar refractivity (Wildman–Crippen MR) is 59.6 cm³/mol. The smallest absolute Gasteiger partial charge is 0.139 e.